The van der Waals surface area contributed by atoms with Crippen molar-refractivity contribution in [2.75, 3.05) is 17.7 Å². The molecule has 0 radical (unpaired) electrons. The molecule has 3 aromatic heterocycles. The van der Waals surface area contributed by atoms with Crippen LogP contribution in [0.1, 0.15) is 36.8 Å². The zero-order chi connectivity index (χ0) is 24.4. The molecule has 1 aliphatic heterocycles. The summed E-state index contributed by atoms with van der Waals surface area (Å²) in [4.78, 5) is 46.6. The monoisotopic (exact) mass is 480 g/mol. The van der Waals surface area contributed by atoms with E-state index in [2.05, 4.69) is 10.1 Å². The van der Waals surface area contributed by atoms with Gasteiger partial charge in [0, 0.05) is 39.0 Å². The molecular formula is C24H28N6O3S. The molecule has 0 unspecified atom stereocenters. The van der Waals surface area contributed by atoms with Gasteiger partial charge in [0.25, 0.3) is 5.91 Å². The maximum absolute atomic E-state index is 13.5. The second-order valence-electron chi connectivity index (χ2n) is 8.56. The topological polar surface area (TPSA) is 114 Å². The fraction of sp³-hybridized carbons (Fsp3) is 0.375. The number of nitrogens with zero attached hydrogens (tertiary/aromatic N) is 5. The van der Waals surface area contributed by atoms with E-state index in [0.717, 1.165) is 22.4 Å². The standard InChI is InChI=1S/C24H28N6O3S/c1-4-16(17-7-10-34-14-17)13-21(31)30-22(24(33)29(3)20-6-9-28(2)27-20)18(23(30)32)11-15-5-8-26-19(25)12-15/h5-10,12,14,16,18,22H,4,11,13H2,1-3H3,(H2,25,26)/t16-,18+,22-/m0/s1. The number of hydrogen-bond acceptors (Lipinski definition) is 7. The molecule has 34 heavy (non-hydrogen) atoms. The maximum atomic E-state index is 13.5. The molecule has 0 spiro atoms. The van der Waals surface area contributed by atoms with Crippen LogP contribution in [0.15, 0.2) is 47.4 Å². The van der Waals surface area contributed by atoms with E-state index in [4.69, 9.17) is 5.73 Å². The normalized spacial score (nSPS) is 18.4. The van der Waals surface area contributed by atoms with Crippen molar-refractivity contribution in [1.29, 1.82) is 0 Å². The van der Waals surface area contributed by atoms with Crippen molar-refractivity contribution in [3.63, 3.8) is 0 Å². The molecule has 0 aromatic carbocycles. The predicted molar refractivity (Wildman–Crippen MR) is 130 cm³/mol. The number of amides is 3. The SMILES string of the molecule is CC[C@@H](CC(=O)N1C(=O)[C@H](Cc2ccnc(N)c2)[C@H]1C(=O)N(C)c1ccn(C)n1)c1ccsc1. The fourth-order valence-electron chi connectivity index (χ4n) is 4.39. The maximum Gasteiger partial charge on any atom is 0.252 e. The first kappa shape index (κ1) is 23.6. The summed E-state index contributed by atoms with van der Waals surface area (Å²) in [7, 11) is 3.37. The molecule has 3 amide bonds. The number of carbonyl (C=O) groups is 3. The van der Waals surface area contributed by atoms with Crippen molar-refractivity contribution in [2.24, 2.45) is 13.0 Å². The van der Waals surface area contributed by atoms with Crippen LogP contribution >= 0.6 is 11.3 Å². The van der Waals surface area contributed by atoms with E-state index in [0.29, 0.717) is 18.1 Å². The second kappa shape index (κ2) is 9.76. The van der Waals surface area contributed by atoms with Gasteiger partial charge in [0.05, 0.1) is 5.92 Å². The first-order valence-corrected chi connectivity index (χ1v) is 12.1. The minimum Gasteiger partial charge on any atom is -0.384 e. The highest BCUT2D eigenvalue weighted by molar-refractivity contribution is 7.08. The van der Waals surface area contributed by atoms with Gasteiger partial charge in [-0.3, -0.25) is 28.9 Å². The van der Waals surface area contributed by atoms with Gasteiger partial charge in [0.15, 0.2) is 5.82 Å². The van der Waals surface area contributed by atoms with E-state index in [9.17, 15) is 14.4 Å². The molecule has 2 N–H and O–H groups in total. The third kappa shape index (κ3) is 4.58. The van der Waals surface area contributed by atoms with Gasteiger partial charge in [-0.2, -0.15) is 16.4 Å². The van der Waals surface area contributed by atoms with Crippen molar-refractivity contribution in [3.05, 3.63) is 58.5 Å². The highest BCUT2D eigenvalue weighted by atomic mass is 32.1. The summed E-state index contributed by atoms with van der Waals surface area (Å²) in [6, 6.07) is 6.26. The van der Waals surface area contributed by atoms with Gasteiger partial charge >= 0.3 is 0 Å². The summed E-state index contributed by atoms with van der Waals surface area (Å²) >= 11 is 1.57. The molecule has 0 saturated carbocycles. The third-order valence-electron chi connectivity index (χ3n) is 6.34. The quantitative estimate of drug-likeness (QED) is 0.496. The average molecular weight is 481 g/mol. The molecule has 4 heterocycles. The number of aryl methyl sites for hydroxylation is 1. The van der Waals surface area contributed by atoms with Gasteiger partial charge in [-0.15, -0.1) is 0 Å². The lowest BCUT2D eigenvalue weighted by Gasteiger charge is -2.46. The largest absolute Gasteiger partial charge is 0.384 e. The summed E-state index contributed by atoms with van der Waals surface area (Å²) in [5.74, 6) is -0.888. The van der Waals surface area contributed by atoms with Crippen LogP contribution in [0.25, 0.3) is 0 Å². The van der Waals surface area contributed by atoms with Crippen LogP contribution in [-0.2, 0) is 27.9 Å². The van der Waals surface area contributed by atoms with Gasteiger partial charge in [0.2, 0.25) is 11.8 Å². The van der Waals surface area contributed by atoms with Crippen LogP contribution in [0.3, 0.4) is 0 Å². The molecule has 1 fully saturated rings. The number of rotatable bonds is 8. The van der Waals surface area contributed by atoms with Crippen LogP contribution in [0.2, 0.25) is 0 Å². The lowest BCUT2D eigenvalue weighted by Crippen LogP contribution is -2.69. The minimum absolute atomic E-state index is 0.00475. The smallest absolute Gasteiger partial charge is 0.252 e. The summed E-state index contributed by atoms with van der Waals surface area (Å²) in [6.07, 6.45) is 4.53. The Morgan fingerprint density at radius 2 is 2.09 bits per heavy atom. The van der Waals surface area contributed by atoms with E-state index in [1.165, 1.54) is 4.90 Å². The molecule has 1 saturated heterocycles. The summed E-state index contributed by atoms with van der Waals surface area (Å²) in [5, 5.41) is 8.28. The number of thiophene rings is 1. The molecule has 0 bridgehead atoms. The number of carbonyl (C=O) groups excluding carboxylic acids is 3. The molecule has 1 aliphatic rings. The number of imide groups is 1. The number of likely N-dealkylation sites (N-methyl/N-ethyl adjacent to an activating group) is 1. The number of β-lactam (4-membered cyclic amide) rings is 1. The summed E-state index contributed by atoms with van der Waals surface area (Å²) < 4.78 is 1.60. The van der Waals surface area contributed by atoms with E-state index in [-0.39, 0.29) is 30.1 Å². The van der Waals surface area contributed by atoms with Crippen LogP contribution in [0, 0.1) is 5.92 Å². The Balaban J connectivity index is 1.59. The van der Waals surface area contributed by atoms with Crippen molar-refractivity contribution in [1.82, 2.24) is 19.7 Å². The molecular weight excluding hydrogens is 452 g/mol. The fourth-order valence-corrected chi connectivity index (χ4v) is 5.13. The molecule has 4 rings (SSSR count). The number of hydrogen-bond donors (Lipinski definition) is 1. The van der Waals surface area contributed by atoms with Crippen molar-refractivity contribution in [3.8, 4) is 0 Å². The molecule has 9 nitrogen and oxygen atoms in total. The molecule has 178 valence electrons. The Bertz CT molecular complexity index is 1190. The highest BCUT2D eigenvalue weighted by Gasteiger charge is 2.55. The van der Waals surface area contributed by atoms with Gasteiger partial charge in [-0.25, -0.2) is 4.98 Å². The average Bonchev–Trinajstić information content (AvgIpc) is 3.50. The van der Waals surface area contributed by atoms with Gasteiger partial charge < -0.3 is 5.73 Å². The van der Waals surface area contributed by atoms with E-state index >= 15 is 0 Å². The van der Waals surface area contributed by atoms with Gasteiger partial charge in [0.1, 0.15) is 11.9 Å². The number of nitrogen functional groups attached to an aromatic ring is 1. The van der Waals surface area contributed by atoms with E-state index < -0.39 is 12.0 Å². The number of anilines is 2. The first-order valence-electron chi connectivity index (χ1n) is 11.2. The predicted octanol–water partition coefficient (Wildman–Crippen LogP) is 2.60. The van der Waals surface area contributed by atoms with E-state index in [1.807, 2.05) is 23.8 Å². The lowest BCUT2D eigenvalue weighted by atomic mass is 9.80. The Hall–Kier alpha value is -3.53. The summed E-state index contributed by atoms with van der Waals surface area (Å²) in [5.41, 5.74) is 7.66. The van der Waals surface area contributed by atoms with Crippen LogP contribution in [-0.4, -0.2) is 50.5 Å². The molecule has 3 aromatic rings. The first-order chi connectivity index (χ1) is 16.3. The number of nitrogens with two attached hydrogens (primary N) is 1. The lowest BCUT2D eigenvalue weighted by molar-refractivity contribution is -0.170. The highest BCUT2D eigenvalue weighted by Crippen LogP contribution is 2.35. The minimum atomic E-state index is -0.902. The number of pyridine rings is 1. The molecule has 10 heteroatoms. The Morgan fingerprint density at radius 3 is 2.71 bits per heavy atom. The zero-order valence-corrected chi connectivity index (χ0v) is 20.2. The van der Waals surface area contributed by atoms with Crippen LogP contribution in [0.5, 0.6) is 0 Å². The molecule has 3 atom stereocenters. The van der Waals surface area contributed by atoms with Crippen LogP contribution < -0.4 is 10.6 Å². The summed E-state index contributed by atoms with van der Waals surface area (Å²) in [6.45, 7) is 2.02. The number of likely N-dealkylation sites (tertiary alicyclic amines) is 1. The van der Waals surface area contributed by atoms with Crippen molar-refractivity contribution >= 4 is 40.7 Å². The van der Waals surface area contributed by atoms with Gasteiger partial charge in [-0.1, -0.05) is 6.92 Å². The third-order valence-corrected chi connectivity index (χ3v) is 7.04. The van der Waals surface area contributed by atoms with E-state index in [1.54, 1.807) is 60.7 Å². The van der Waals surface area contributed by atoms with Gasteiger partial charge in [-0.05, 0) is 58.8 Å². The number of aromatic nitrogens is 3. The second-order valence-corrected chi connectivity index (χ2v) is 9.34. The Morgan fingerprint density at radius 1 is 1.29 bits per heavy atom. The van der Waals surface area contributed by atoms with Crippen LogP contribution in [0.4, 0.5) is 11.6 Å². The Labute approximate surface area is 202 Å². The Kier molecular flexibility index (Phi) is 6.78. The van der Waals surface area contributed by atoms with Crippen molar-refractivity contribution < 1.29 is 14.4 Å². The molecule has 0 aliphatic carbocycles. The van der Waals surface area contributed by atoms with Crippen molar-refractivity contribution in [2.45, 2.75) is 38.1 Å². The zero-order valence-electron chi connectivity index (χ0n) is 19.4.